The highest BCUT2D eigenvalue weighted by Crippen LogP contribution is 2.34. The van der Waals surface area contributed by atoms with Crippen molar-refractivity contribution in [2.45, 2.75) is 27.4 Å². The van der Waals surface area contributed by atoms with E-state index in [2.05, 4.69) is 5.32 Å². The van der Waals surface area contributed by atoms with Crippen molar-refractivity contribution in [2.24, 2.45) is 0 Å². The van der Waals surface area contributed by atoms with Crippen LogP contribution in [-0.2, 0) is 16.2 Å². The van der Waals surface area contributed by atoms with Crippen molar-refractivity contribution in [3.05, 3.63) is 112 Å². The molecule has 1 saturated heterocycles. The SMILES string of the molecule is CCOc1ccc(NC(=O)CN2C(=O)S/C(=C/c3cc(C)n(-c4ccc(OCc5ccccc5F)cc4)c3C)C2=O)cc1. The average Bonchev–Trinajstić information content (AvgIpc) is 3.42. The molecule has 1 N–H and O–H groups in total. The van der Waals surface area contributed by atoms with Crippen molar-refractivity contribution < 1.29 is 28.2 Å². The predicted molar refractivity (Wildman–Crippen MR) is 165 cm³/mol. The highest BCUT2D eigenvalue weighted by atomic mass is 32.2. The third-order valence-electron chi connectivity index (χ3n) is 6.83. The number of nitrogens with zero attached hydrogens (tertiary/aromatic N) is 2. The molecule has 2 heterocycles. The van der Waals surface area contributed by atoms with Crippen LogP contribution < -0.4 is 14.8 Å². The van der Waals surface area contributed by atoms with Crippen LogP contribution in [0, 0.1) is 19.7 Å². The van der Waals surface area contributed by atoms with E-state index >= 15 is 0 Å². The van der Waals surface area contributed by atoms with Gasteiger partial charge >= 0.3 is 0 Å². The third kappa shape index (κ3) is 6.81. The molecule has 43 heavy (non-hydrogen) atoms. The quantitative estimate of drug-likeness (QED) is 0.200. The molecule has 3 amide bonds. The number of amides is 3. The van der Waals surface area contributed by atoms with Crippen LogP contribution in [0.15, 0.2) is 83.8 Å². The van der Waals surface area contributed by atoms with Crippen LogP contribution in [0.3, 0.4) is 0 Å². The van der Waals surface area contributed by atoms with Crippen molar-refractivity contribution >= 4 is 40.6 Å². The molecule has 0 aliphatic carbocycles. The molecule has 0 spiro atoms. The van der Waals surface area contributed by atoms with E-state index in [0.717, 1.165) is 39.3 Å². The molecule has 10 heteroatoms. The second-order valence-electron chi connectivity index (χ2n) is 9.81. The zero-order chi connectivity index (χ0) is 30.5. The minimum Gasteiger partial charge on any atom is -0.494 e. The topological polar surface area (TPSA) is 89.9 Å². The van der Waals surface area contributed by atoms with Gasteiger partial charge in [0.2, 0.25) is 5.91 Å². The number of aromatic nitrogens is 1. The van der Waals surface area contributed by atoms with Gasteiger partial charge in [0, 0.05) is 28.3 Å². The van der Waals surface area contributed by atoms with E-state index in [0.29, 0.717) is 29.4 Å². The van der Waals surface area contributed by atoms with Gasteiger partial charge in [0.1, 0.15) is 30.5 Å². The van der Waals surface area contributed by atoms with Gasteiger partial charge in [0.25, 0.3) is 11.1 Å². The summed E-state index contributed by atoms with van der Waals surface area (Å²) in [5, 5.41) is 2.20. The smallest absolute Gasteiger partial charge is 0.294 e. The van der Waals surface area contributed by atoms with E-state index in [4.69, 9.17) is 9.47 Å². The van der Waals surface area contributed by atoms with Crippen molar-refractivity contribution in [2.75, 3.05) is 18.5 Å². The third-order valence-corrected chi connectivity index (χ3v) is 7.74. The zero-order valence-corrected chi connectivity index (χ0v) is 24.7. The van der Waals surface area contributed by atoms with E-state index in [1.54, 1.807) is 48.5 Å². The number of nitrogens with one attached hydrogen (secondary N) is 1. The maximum atomic E-state index is 13.9. The monoisotopic (exact) mass is 599 g/mol. The number of rotatable bonds is 10. The van der Waals surface area contributed by atoms with Gasteiger partial charge in [-0.2, -0.15) is 0 Å². The number of hydrogen-bond donors (Lipinski definition) is 1. The first kappa shape index (κ1) is 29.7. The van der Waals surface area contributed by atoms with Crippen LogP contribution >= 0.6 is 11.8 Å². The molecule has 5 rings (SSSR count). The standard InChI is InChI=1S/C33H30FN3O5S/c1-4-41-27-13-9-25(10-14-27)35-31(38)19-36-32(39)30(43-33(36)40)18-24-17-21(2)37(22(24)3)26-11-15-28(16-12-26)42-20-23-7-5-6-8-29(23)34/h5-18H,4,19-20H2,1-3H3,(H,35,38)/b30-18+. The van der Waals surface area contributed by atoms with Gasteiger partial charge in [-0.15, -0.1) is 0 Å². The highest BCUT2D eigenvalue weighted by molar-refractivity contribution is 8.18. The Kier molecular flexibility index (Phi) is 8.96. The summed E-state index contributed by atoms with van der Waals surface area (Å²) in [5.74, 6) is -0.0194. The fourth-order valence-electron chi connectivity index (χ4n) is 4.72. The van der Waals surface area contributed by atoms with Crippen molar-refractivity contribution in [3.8, 4) is 17.2 Å². The lowest BCUT2D eigenvalue weighted by Gasteiger charge is -2.13. The van der Waals surface area contributed by atoms with Crippen LogP contribution in [-0.4, -0.2) is 39.7 Å². The Hall–Kier alpha value is -4.83. The largest absolute Gasteiger partial charge is 0.494 e. The molecular formula is C33H30FN3O5S. The first-order valence-corrected chi connectivity index (χ1v) is 14.5. The number of benzene rings is 3. The van der Waals surface area contributed by atoms with Crippen molar-refractivity contribution in [3.63, 3.8) is 0 Å². The molecule has 1 aromatic heterocycles. The van der Waals surface area contributed by atoms with E-state index in [-0.39, 0.29) is 23.9 Å². The number of halogens is 1. The van der Waals surface area contributed by atoms with Gasteiger partial charge < -0.3 is 19.4 Å². The number of hydrogen-bond acceptors (Lipinski definition) is 6. The molecule has 4 aromatic rings. The maximum absolute atomic E-state index is 13.9. The summed E-state index contributed by atoms with van der Waals surface area (Å²) < 4.78 is 27.1. The summed E-state index contributed by atoms with van der Waals surface area (Å²) in [4.78, 5) is 39.5. The second kappa shape index (κ2) is 13.0. The molecule has 1 aliphatic rings. The molecule has 0 saturated carbocycles. The van der Waals surface area contributed by atoms with Gasteiger partial charge in [-0.1, -0.05) is 18.2 Å². The minimum absolute atomic E-state index is 0.121. The predicted octanol–water partition coefficient (Wildman–Crippen LogP) is 6.89. The lowest BCUT2D eigenvalue weighted by Crippen LogP contribution is -2.36. The number of carbonyl (C=O) groups is 3. The maximum Gasteiger partial charge on any atom is 0.294 e. The number of imide groups is 1. The van der Waals surface area contributed by atoms with Crippen LogP contribution in [0.1, 0.15) is 29.4 Å². The molecule has 1 fully saturated rings. The van der Waals surface area contributed by atoms with Crippen molar-refractivity contribution in [1.29, 1.82) is 0 Å². The second-order valence-corrected chi connectivity index (χ2v) is 10.8. The van der Waals surface area contributed by atoms with Crippen LogP contribution in [0.25, 0.3) is 11.8 Å². The average molecular weight is 600 g/mol. The molecule has 3 aromatic carbocycles. The minimum atomic E-state index is -0.516. The summed E-state index contributed by atoms with van der Waals surface area (Å²) in [6, 6.07) is 22.7. The number of thioether (sulfide) groups is 1. The summed E-state index contributed by atoms with van der Waals surface area (Å²) in [6.07, 6.45) is 1.68. The summed E-state index contributed by atoms with van der Waals surface area (Å²) in [7, 11) is 0. The Morgan fingerprint density at radius 1 is 0.953 bits per heavy atom. The van der Waals surface area contributed by atoms with Crippen molar-refractivity contribution in [1.82, 2.24) is 9.47 Å². The lowest BCUT2D eigenvalue weighted by molar-refractivity contribution is -0.127. The normalized spacial score (nSPS) is 14.0. The lowest BCUT2D eigenvalue weighted by atomic mass is 10.2. The van der Waals surface area contributed by atoms with Crippen LogP contribution in [0.5, 0.6) is 11.5 Å². The van der Waals surface area contributed by atoms with Gasteiger partial charge in [0.15, 0.2) is 0 Å². The van der Waals surface area contributed by atoms with E-state index in [9.17, 15) is 18.8 Å². The molecule has 0 radical (unpaired) electrons. The van der Waals surface area contributed by atoms with Gasteiger partial charge in [-0.3, -0.25) is 19.3 Å². The molecule has 0 bridgehead atoms. The highest BCUT2D eigenvalue weighted by Gasteiger charge is 2.36. The fraction of sp³-hybridized carbons (Fsp3) is 0.182. The Bertz CT molecular complexity index is 1700. The summed E-state index contributed by atoms with van der Waals surface area (Å²) in [5.41, 5.74) is 4.48. The molecule has 0 atom stereocenters. The summed E-state index contributed by atoms with van der Waals surface area (Å²) >= 11 is 0.808. The molecular weight excluding hydrogens is 569 g/mol. The molecule has 8 nitrogen and oxygen atoms in total. The van der Waals surface area contributed by atoms with Gasteiger partial charge in [-0.05, 0) is 105 Å². The van der Waals surface area contributed by atoms with Crippen LogP contribution in [0.4, 0.5) is 14.9 Å². The number of aryl methyl sites for hydroxylation is 1. The zero-order valence-electron chi connectivity index (χ0n) is 23.9. The van der Waals surface area contributed by atoms with Crippen LogP contribution in [0.2, 0.25) is 0 Å². The Morgan fingerprint density at radius 2 is 1.63 bits per heavy atom. The number of carbonyl (C=O) groups excluding carboxylic acids is 3. The Morgan fingerprint density at radius 3 is 2.33 bits per heavy atom. The first-order valence-electron chi connectivity index (χ1n) is 13.7. The first-order chi connectivity index (χ1) is 20.7. The van der Waals surface area contributed by atoms with Gasteiger partial charge in [0.05, 0.1) is 11.5 Å². The molecule has 1 aliphatic heterocycles. The van der Waals surface area contributed by atoms with E-state index in [1.807, 2.05) is 55.7 Å². The fourth-order valence-corrected chi connectivity index (χ4v) is 5.55. The Labute approximate surface area is 253 Å². The van der Waals surface area contributed by atoms with E-state index in [1.165, 1.54) is 6.07 Å². The number of ether oxygens (including phenoxy) is 2. The van der Waals surface area contributed by atoms with Gasteiger partial charge in [-0.25, -0.2) is 4.39 Å². The number of anilines is 1. The molecule has 0 unspecified atom stereocenters. The molecule has 220 valence electrons. The Balaban J connectivity index is 1.25. The summed E-state index contributed by atoms with van der Waals surface area (Å²) in [6.45, 7) is 6.02. The van der Waals surface area contributed by atoms with E-state index < -0.39 is 17.1 Å².